The number of aliphatic imine (C=N–C) groups is 1. The van der Waals surface area contributed by atoms with Gasteiger partial charge in [-0.15, -0.1) is 23.1 Å². The largest absolute Gasteiger partial charge is 0.273 e. The molecule has 1 nitrogen and oxygen atoms in total. The van der Waals surface area contributed by atoms with Crippen molar-refractivity contribution < 1.29 is 0 Å². The highest BCUT2D eigenvalue weighted by Gasteiger charge is 2.17. The van der Waals surface area contributed by atoms with Crippen LogP contribution in [-0.2, 0) is 0 Å². The number of hydrogen-bond donors (Lipinski definition) is 0. The fourth-order valence-electron chi connectivity index (χ4n) is 1.70. The van der Waals surface area contributed by atoms with Crippen LogP contribution in [0, 0.1) is 0 Å². The Kier molecular flexibility index (Phi) is 2.29. The number of fused-ring (bicyclic) bond motifs is 1. The smallest absolute Gasteiger partial charge is 0.108 e. The second-order valence-corrected chi connectivity index (χ2v) is 5.84. The number of thiophene rings is 1. The third-order valence-corrected chi connectivity index (χ3v) is 4.94. The maximum atomic E-state index is 4.64. The SMILES string of the molecule is C[C@@H]1CSC(c2cc3ccccc3s2)=N1. The molecule has 3 rings (SSSR count). The maximum absolute atomic E-state index is 4.64. The first-order valence-electron chi connectivity index (χ1n) is 5.02. The van der Waals surface area contributed by atoms with Gasteiger partial charge in [-0.3, -0.25) is 4.99 Å². The van der Waals surface area contributed by atoms with Crippen molar-refractivity contribution in [1.82, 2.24) is 0 Å². The van der Waals surface area contributed by atoms with Gasteiger partial charge < -0.3 is 0 Å². The highest BCUT2D eigenvalue weighted by atomic mass is 32.2. The minimum atomic E-state index is 0.482. The standard InChI is InChI=1S/C12H11NS2/c1-8-7-14-12(13-8)11-6-9-4-2-3-5-10(9)15-11/h2-6,8H,7H2,1H3/t8-/m1/s1. The molecule has 0 aliphatic carbocycles. The van der Waals surface area contributed by atoms with E-state index in [4.69, 9.17) is 0 Å². The Morgan fingerprint density at radius 1 is 1.33 bits per heavy atom. The Morgan fingerprint density at radius 2 is 2.20 bits per heavy atom. The predicted octanol–water partition coefficient (Wildman–Crippen LogP) is 3.78. The number of benzene rings is 1. The molecule has 0 unspecified atom stereocenters. The third kappa shape index (κ3) is 1.70. The van der Waals surface area contributed by atoms with E-state index in [1.54, 1.807) is 0 Å². The summed E-state index contributed by atoms with van der Waals surface area (Å²) in [5.74, 6) is 1.13. The number of thioether (sulfide) groups is 1. The van der Waals surface area contributed by atoms with Gasteiger partial charge in [0.1, 0.15) is 5.04 Å². The first-order valence-corrected chi connectivity index (χ1v) is 6.83. The molecule has 0 amide bonds. The summed E-state index contributed by atoms with van der Waals surface area (Å²) in [6.07, 6.45) is 0. The lowest BCUT2D eigenvalue weighted by atomic mass is 10.2. The summed E-state index contributed by atoms with van der Waals surface area (Å²) in [6.45, 7) is 2.17. The third-order valence-electron chi connectivity index (χ3n) is 2.44. The molecule has 0 saturated carbocycles. The lowest BCUT2D eigenvalue weighted by Gasteiger charge is -1.90. The average molecular weight is 233 g/mol. The monoisotopic (exact) mass is 233 g/mol. The van der Waals surface area contributed by atoms with Gasteiger partial charge in [-0.05, 0) is 24.4 Å². The Bertz CT molecular complexity index is 494. The van der Waals surface area contributed by atoms with Gasteiger partial charge in [-0.25, -0.2) is 0 Å². The van der Waals surface area contributed by atoms with Crippen LogP contribution in [0.1, 0.15) is 11.8 Å². The molecule has 2 heterocycles. The summed E-state index contributed by atoms with van der Waals surface area (Å²) in [7, 11) is 0. The topological polar surface area (TPSA) is 12.4 Å². The minimum absolute atomic E-state index is 0.482. The molecule has 1 atom stereocenters. The van der Waals surface area contributed by atoms with Gasteiger partial charge in [0.15, 0.2) is 0 Å². The molecule has 0 N–H and O–H groups in total. The summed E-state index contributed by atoms with van der Waals surface area (Å²) in [5.41, 5.74) is 0. The molecule has 0 fully saturated rings. The summed E-state index contributed by atoms with van der Waals surface area (Å²) in [6, 6.07) is 11.3. The van der Waals surface area contributed by atoms with Crippen LogP contribution in [0.15, 0.2) is 35.3 Å². The maximum Gasteiger partial charge on any atom is 0.108 e. The van der Waals surface area contributed by atoms with Crippen LogP contribution in [0.3, 0.4) is 0 Å². The molecule has 1 aliphatic heterocycles. The van der Waals surface area contributed by atoms with Gasteiger partial charge in [0.05, 0.1) is 10.9 Å². The molecule has 15 heavy (non-hydrogen) atoms. The number of nitrogens with zero attached hydrogens (tertiary/aromatic N) is 1. The van der Waals surface area contributed by atoms with E-state index in [0.29, 0.717) is 6.04 Å². The lowest BCUT2D eigenvalue weighted by Crippen LogP contribution is -1.92. The van der Waals surface area contributed by atoms with Crippen molar-refractivity contribution in [2.75, 3.05) is 5.75 Å². The van der Waals surface area contributed by atoms with Crippen LogP contribution in [-0.4, -0.2) is 16.8 Å². The fourth-order valence-corrected chi connectivity index (χ4v) is 3.88. The van der Waals surface area contributed by atoms with E-state index in [2.05, 4.69) is 42.2 Å². The van der Waals surface area contributed by atoms with Crippen LogP contribution >= 0.6 is 23.1 Å². The molecule has 1 aliphatic rings. The normalized spacial score (nSPS) is 20.9. The van der Waals surface area contributed by atoms with Gasteiger partial charge in [0.2, 0.25) is 0 Å². The molecule has 0 radical (unpaired) electrons. The Balaban J connectivity index is 2.09. The highest BCUT2D eigenvalue weighted by molar-refractivity contribution is 8.15. The zero-order valence-corrected chi connectivity index (χ0v) is 10.1. The van der Waals surface area contributed by atoms with E-state index in [-0.39, 0.29) is 0 Å². The van der Waals surface area contributed by atoms with Gasteiger partial charge in [-0.2, -0.15) is 0 Å². The fraction of sp³-hybridized carbons (Fsp3) is 0.250. The van der Waals surface area contributed by atoms with Crippen molar-refractivity contribution >= 4 is 38.2 Å². The first-order chi connectivity index (χ1) is 7.33. The van der Waals surface area contributed by atoms with Crippen molar-refractivity contribution in [1.29, 1.82) is 0 Å². The van der Waals surface area contributed by atoms with Crippen LogP contribution < -0.4 is 0 Å². The molecular formula is C12H11NS2. The summed E-state index contributed by atoms with van der Waals surface area (Å²) in [4.78, 5) is 5.97. The molecule has 0 spiro atoms. The van der Waals surface area contributed by atoms with Crippen molar-refractivity contribution in [3.63, 3.8) is 0 Å². The summed E-state index contributed by atoms with van der Waals surface area (Å²) in [5, 5.41) is 2.56. The number of rotatable bonds is 1. The first kappa shape index (κ1) is 9.43. The molecule has 3 heteroatoms. The lowest BCUT2D eigenvalue weighted by molar-refractivity contribution is 0.866. The van der Waals surface area contributed by atoms with Crippen LogP contribution in [0.4, 0.5) is 0 Å². The summed E-state index contributed by atoms with van der Waals surface area (Å²) < 4.78 is 1.36. The Hall–Kier alpha value is -0.800. The van der Waals surface area contributed by atoms with Crippen molar-refractivity contribution in [3.05, 3.63) is 35.2 Å². The molecule has 0 saturated heterocycles. The van der Waals surface area contributed by atoms with E-state index >= 15 is 0 Å². The van der Waals surface area contributed by atoms with Gasteiger partial charge in [0, 0.05) is 10.5 Å². The highest BCUT2D eigenvalue weighted by Crippen LogP contribution is 2.31. The van der Waals surface area contributed by atoms with Crippen LogP contribution in [0.5, 0.6) is 0 Å². The van der Waals surface area contributed by atoms with Crippen molar-refractivity contribution in [3.8, 4) is 0 Å². The Labute approximate surface area is 97.2 Å². The second kappa shape index (κ2) is 3.65. The van der Waals surface area contributed by atoms with Crippen LogP contribution in [0.25, 0.3) is 10.1 Å². The van der Waals surface area contributed by atoms with Crippen molar-refractivity contribution in [2.45, 2.75) is 13.0 Å². The Morgan fingerprint density at radius 3 is 2.93 bits per heavy atom. The molecule has 1 aromatic heterocycles. The molecule has 76 valence electrons. The second-order valence-electron chi connectivity index (χ2n) is 3.74. The van der Waals surface area contributed by atoms with E-state index in [1.165, 1.54) is 20.0 Å². The summed E-state index contributed by atoms with van der Waals surface area (Å²) >= 11 is 3.72. The van der Waals surface area contributed by atoms with E-state index in [9.17, 15) is 0 Å². The van der Waals surface area contributed by atoms with E-state index < -0.39 is 0 Å². The molecule has 1 aromatic carbocycles. The van der Waals surface area contributed by atoms with E-state index in [1.807, 2.05) is 23.1 Å². The molecule has 2 aromatic rings. The van der Waals surface area contributed by atoms with Gasteiger partial charge in [0.25, 0.3) is 0 Å². The quantitative estimate of drug-likeness (QED) is 0.730. The zero-order valence-electron chi connectivity index (χ0n) is 8.43. The average Bonchev–Trinajstić information content (AvgIpc) is 2.82. The minimum Gasteiger partial charge on any atom is -0.273 e. The predicted molar refractivity (Wildman–Crippen MR) is 70.3 cm³/mol. The molecular weight excluding hydrogens is 222 g/mol. The van der Waals surface area contributed by atoms with Gasteiger partial charge >= 0.3 is 0 Å². The van der Waals surface area contributed by atoms with Crippen LogP contribution in [0.2, 0.25) is 0 Å². The zero-order chi connectivity index (χ0) is 10.3. The van der Waals surface area contributed by atoms with E-state index in [0.717, 1.165) is 5.75 Å². The number of hydrogen-bond acceptors (Lipinski definition) is 3. The molecule has 0 bridgehead atoms. The van der Waals surface area contributed by atoms with Crippen molar-refractivity contribution in [2.24, 2.45) is 4.99 Å². The van der Waals surface area contributed by atoms with Gasteiger partial charge in [-0.1, -0.05) is 18.2 Å².